The Morgan fingerprint density at radius 1 is 1.42 bits per heavy atom. The molecule has 0 bridgehead atoms. The molecule has 1 atom stereocenters. The molecule has 1 amide bonds. The van der Waals surface area contributed by atoms with E-state index in [1.807, 2.05) is 24.8 Å². The Labute approximate surface area is 116 Å². The van der Waals surface area contributed by atoms with Gasteiger partial charge in [-0.3, -0.25) is 9.78 Å². The van der Waals surface area contributed by atoms with Crippen molar-refractivity contribution in [2.24, 2.45) is 5.92 Å². The van der Waals surface area contributed by atoms with E-state index in [0.29, 0.717) is 11.5 Å². The lowest BCUT2D eigenvalue weighted by atomic mass is 10.1. The second-order valence-electron chi connectivity index (χ2n) is 4.81. The number of nitrogens with zero attached hydrogens (tertiary/aromatic N) is 2. The molecule has 4 heteroatoms. The van der Waals surface area contributed by atoms with Gasteiger partial charge in [-0.2, -0.15) is 0 Å². The highest BCUT2D eigenvalue weighted by atomic mass is 16.2. The average Bonchev–Trinajstić information content (AvgIpc) is 2.44. The maximum atomic E-state index is 12.6. The average molecular weight is 263 g/mol. The van der Waals surface area contributed by atoms with Gasteiger partial charge in [0.1, 0.15) is 0 Å². The number of carbonyl (C=O) groups excluding carboxylic acids is 1. The molecule has 0 spiro atoms. The van der Waals surface area contributed by atoms with Crippen molar-refractivity contribution in [3.8, 4) is 0 Å². The molecule has 19 heavy (non-hydrogen) atoms. The summed E-state index contributed by atoms with van der Waals surface area (Å²) >= 11 is 0. The van der Waals surface area contributed by atoms with Gasteiger partial charge in [0.05, 0.1) is 11.3 Å². The van der Waals surface area contributed by atoms with Crippen LogP contribution in [0.2, 0.25) is 0 Å². The van der Waals surface area contributed by atoms with Gasteiger partial charge in [-0.1, -0.05) is 20.3 Å². The molecule has 1 rings (SSSR count). The SMILES string of the molecule is CCNc1ccncc1C(=O)N(CC)CC(C)CC. The van der Waals surface area contributed by atoms with Gasteiger partial charge < -0.3 is 10.2 Å². The third kappa shape index (κ3) is 4.23. The fourth-order valence-electron chi connectivity index (χ4n) is 1.94. The predicted molar refractivity (Wildman–Crippen MR) is 79.4 cm³/mol. The van der Waals surface area contributed by atoms with Crippen molar-refractivity contribution in [3.63, 3.8) is 0 Å². The van der Waals surface area contributed by atoms with Gasteiger partial charge in [0.25, 0.3) is 5.91 Å². The number of pyridine rings is 1. The second kappa shape index (κ2) is 7.77. The monoisotopic (exact) mass is 263 g/mol. The molecule has 0 aliphatic carbocycles. The summed E-state index contributed by atoms with van der Waals surface area (Å²) in [6.45, 7) is 10.7. The van der Waals surface area contributed by atoms with E-state index in [4.69, 9.17) is 0 Å². The number of carbonyl (C=O) groups is 1. The van der Waals surface area contributed by atoms with Crippen LogP contribution >= 0.6 is 0 Å². The minimum atomic E-state index is 0.0619. The molecule has 0 fully saturated rings. The number of rotatable bonds is 7. The predicted octanol–water partition coefficient (Wildman–Crippen LogP) is 3.02. The first kappa shape index (κ1) is 15.5. The van der Waals surface area contributed by atoms with Gasteiger partial charge in [0, 0.05) is 32.0 Å². The Morgan fingerprint density at radius 2 is 2.16 bits per heavy atom. The lowest BCUT2D eigenvalue weighted by Gasteiger charge is -2.25. The maximum absolute atomic E-state index is 12.6. The first-order valence-electron chi connectivity index (χ1n) is 7.11. The first-order chi connectivity index (χ1) is 9.13. The van der Waals surface area contributed by atoms with Crippen LogP contribution in [0.5, 0.6) is 0 Å². The summed E-state index contributed by atoms with van der Waals surface area (Å²) in [5, 5.41) is 3.22. The van der Waals surface area contributed by atoms with Crippen molar-refractivity contribution in [1.29, 1.82) is 0 Å². The van der Waals surface area contributed by atoms with Gasteiger partial charge in [-0.15, -0.1) is 0 Å². The lowest BCUT2D eigenvalue weighted by molar-refractivity contribution is 0.0741. The molecule has 0 aromatic carbocycles. The Kier molecular flexibility index (Phi) is 6.33. The minimum absolute atomic E-state index is 0.0619. The number of aromatic nitrogens is 1. The van der Waals surface area contributed by atoms with E-state index >= 15 is 0 Å². The minimum Gasteiger partial charge on any atom is -0.385 e. The van der Waals surface area contributed by atoms with Crippen LogP contribution in [0.4, 0.5) is 5.69 Å². The first-order valence-corrected chi connectivity index (χ1v) is 7.11. The highest BCUT2D eigenvalue weighted by Gasteiger charge is 2.19. The number of anilines is 1. The Hall–Kier alpha value is -1.58. The molecule has 106 valence electrons. The molecule has 1 N–H and O–H groups in total. The van der Waals surface area contributed by atoms with E-state index in [0.717, 1.165) is 31.7 Å². The van der Waals surface area contributed by atoms with Crippen LogP contribution in [0.3, 0.4) is 0 Å². The summed E-state index contributed by atoms with van der Waals surface area (Å²) in [7, 11) is 0. The zero-order chi connectivity index (χ0) is 14.3. The van der Waals surface area contributed by atoms with E-state index in [-0.39, 0.29) is 5.91 Å². The summed E-state index contributed by atoms with van der Waals surface area (Å²) in [5.74, 6) is 0.579. The van der Waals surface area contributed by atoms with Crippen LogP contribution in [-0.2, 0) is 0 Å². The van der Waals surface area contributed by atoms with E-state index < -0.39 is 0 Å². The number of hydrogen-bond acceptors (Lipinski definition) is 3. The van der Waals surface area contributed by atoms with Crippen molar-refractivity contribution in [2.45, 2.75) is 34.1 Å². The summed E-state index contributed by atoms with van der Waals surface area (Å²) < 4.78 is 0. The molecular weight excluding hydrogens is 238 g/mol. The number of amides is 1. The molecular formula is C15H25N3O. The zero-order valence-electron chi connectivity index (χ0n) is 12.4. The van der Waals surface area contributed by atoms with Gasteiger partial charge in [-0.25, -0.2) is 0 Å². The normalized spacial score (nSPS) is 12.0. The van der Waals surface area contributed by atoms with Crippen LogP contribution in [0.15, 0.2) is 18.5 Å². The topological polar surface area (TPSA) is 45.2 Å². The Bertz CT molecular complexity index is 406. The third-order valence-corrected chi connectivity index (χ3v) is 3.32. The van der Waals surface area contributed by atoms with Gasteiger partial charge >= 0.3 is 0 Å². The highest BCUT2D eigenvalue weighted by molar-refractivity contribution is 5.99. The summed E-state index contributed by atoms with van der Waals surface area (Å²) in [5.41, 5.74) is 1.53. The quantitative estimate of drug-likeness (QED) is 0.822. The summed E-state index contributed by atoms with van der Waals surface area (Å²) in [6.07, 6.45) is 4.44. The molecule has 1 unspecified atom stereocenters. The zero-order valence-corrected chi connectivity index (χ0v) is 12.4. The van der Waals surface area contributed by atoms with Gasteiger partial charge in [0.15, 0.2) is 0 Å². The number of nitrogens with one attached hydrogen (secondary N) is 1. The largest absolute Gasteiger partial charge is 0.385 e. The fraction of sp³-hybridized carbons (Fsp3) is 0.600. The van der Waals surface area contributed by atoms with Crippen LogP contribution in [-0.4, -0.2) is 35.4 Å². The molecule has 1 heterocycles. The third-order valence-electron chi connectivity index (χ3n) is 3.32. The van der Waals surface area contributed by atoms with Gasteiger partial charge in [-0.05, 0) is 25.8 Å². The molecule has 0 saturated heterocycles. The second-order valence-corrected chi connectivity index (χ2v) is 4.81. The number of hydrogen-bond donors (Lipinski definition) is 1. The van der Waals surface area contributed by atoms with Gasteiger partial charge in [0.2, 0.25) is 0 Å². The molecule has 1 aromatic heterocycles. The lowest BCUT2D eigenvalue weighted by Crippen LogP contribution is -2.35. The van der Waals surface area contributed by atoms with Crippen molar-refractivity contribution in [2.75, 3.05) is 25.0 Å². The maximum Gasteiger partial charge on any atom is 0.257 e. The van der Waals surface area contributed by atoms with Crippen LogP contribution in [0.25, 0.3) is 0 Å². The van der Waals surface area contributed by atoms with E-state index in [1.54, 1.807) is 12.4 Å². The highest BCUT2D eigenvalue weighted by Crippen LogP contribution is 2.17. The van der Waals surface area contributed by atoms with E-state index in [9.17, 15) is 4.79 Å². The molecule has 0 radical (unpaired) electrons. The molecule has 1 aromatic rings. The Morgan fingerprint density at radius 3 is 2.74 bits per heavy atom. The standard InChI is InChI=1S/C15H25N3O/c1-5-12(4)11-18(7-3)15(19)13-10-16-9-8-14(13)17-6-2/h8-10,12H,5-7,11H2,1-4H3,(H,16,17). The fourth-order valence-corrected chi connectivity index (χ4v) is 1.94. The van der Waals surface area contributed by atoms with Crippen molar-refractivity contribution in [3.05, 3.63) is 24.0 Å². The molecule has 4 nitrogen and oxygen atoms in total. The molecule has 0 saturated carbocycles. The molecule has 0 aliphatic heterocycles. The smallest absolute Gasteiger partial charge is 0.257 e. The van der Waals surface area contributed by atoms with Crippen molar-refractivity contribution >= 4 is 11.6 Å². The van der Waals surface area contributed by atoms with E-state index in [2.05, 4.69) is 24.1 Å². The van der Waals surface area contributed by atoms with Crippen LogP contribution < -0.4 is 5.32 Å². The molecule has 0 aliphatic rings. The summed E-state index contributed by atoms with van der Waals surface area (Å²) in [4.78, 5) is 18.5. The Balaban J connectivity index is 2.90. The van der Waals surface area contributed by atoms with Crippen molar-refractivity contribution < 1.29 is 4.79 Å². The summed E-state index contributed by atoms with van der Waals surface area (Å²) in [6, 6.07) is 1.85. The van der Waals surface area contributed by atoms with Crippen LogP contribution in [0, 0.1) is 5.92 Å². The van der Waals surface area contributed by atoms with Crippen LogP contribution in [0.1, 0.15) is 44.5 Å². The van der Waals surface area contributed by atoms with E-state index in [1.165, 1.54) is 0 Å². The van der Waals surface area contributed by atoms with Crippen molar-refractivity contribution in [1.82, 2.24) is 9.88 Å².